The Morgan fingerprint density at radius 2 is 2.00 bits per heavy atom. The predicted octanol–water partition coefficient (Wildman–Crippen LogP) is 4.22. The molecular formula is C15H22FN. The van der Waals surface area contributed by atoms with Crippen LogP contribution in [0.15, 0.2) is 36.4 Å². The zero-order valence-electron chi connectivity index (χ0n) is 10.8. The van der Waals surface area contributed by atoms with Crippen LogP contribution in [0.4, 0.5) is 4.39 Å². The van der Waals surface area contributed by atoms with Crippen LogP contribution in [0.5, 0.6) is 0 Å². The minimum Gasteiger partial charge on any atom is -0.306 e. The Balaban J connectivity index is 2.67. The minimum atomic E-state index is -0.178. The van der Waals surface area contributed by atoms with E-state index in [1.54, 1.807) is 0 Å². The van der Waals surface area contributed by atoms with Crippen LogP contribution in [-0.4, -0.2) is 6.54 Å². The van der Waals surface area contributed by atoms with Crippen molar-refractivity contribution in [1.82, 2.24) is 5.32 Å². The molecule has 0 saturated carbocycles. The third-order valence-corrected chi connectivity index (χ3v) is 2.77. The first-order valence-corrected chi connectivity index (χ1v) is 6.26. The summed E-state index contributed by atoms with van der Waals surface area (Å²) in [5.41, 5.74) is 2.27. The van der Waals surface area contributed by atoms with Crippen LogP contribution in [0.1, 0.15) is 44.7 Å². The fourth-order valence-electron chi connectivity index (χ4n) is 1.79. The summed E-state index contributed by atoms with van der Waals surface area (Å²) in [5.74, 6) is -0.178. The summed E-state index contributed by atoms with van der Waals surface area (Å²) in [6, 6.07) is 7.07. The van der Waals surface area contributed by atoms with Gasteiger partial charge in [-0.1, -0.05) is 44.1 Å². The van der Waals surface area contributed by atoms with Crippen LogP contribution < -0.4 is 5.32 Å². The van der Waals surface area contributed by atoms with Crippen molar-refractivity contribution in [2.24, 2.45) is 0 Å². The lowest BCUT2D eigenvalue weighted by atomic mass is 10.0. The second-order valence-corrected chi connectivity index (χ2v) is 4.58. The second-order valence-electron chi connectivity index (χ2n) is 4.58. The highest BCUT2D eigenvalue weighted by molar-refractivity contribution is 5.20. The molecule has 0 spiro atoms. The van der Waals surface area contributed by atoms with E-state index in [0.717, 1.165) is 24.1 Å². The molecule has 1 aromatic rings. The molecule has 1 atom stereocenters. The smallest absolute Gasteiger partial charge is 0.123 e. The molecule has 1 aromatic carbocycles. The van der Waals surface area contributed by atoms with Gasteiger partial charge in [-0.2, -0.15) is 0 Å². The number of rotatable bonds is 7. The van der Waals surface area contributed by atoms with Crippen LogP contribution in [0.3, 0.4) is 0 Å². The first kappa shape index (κ1) is 13.9. The average molecular weight is 235 g/mol. The standard InChI is InChI=1S/C15H22FN/c1-4-5-6-15(17-11-12(2)3)13-7-9-14(16)10-8-13/h7-10,15,17H,2,4-6,11H2,1,3H3. The largest absolute Gasteiger partial charge is 0.306 e. The molecule has 0 aliphatic carbocycles. The summed E-state index contributed by atoms with van der Waals surface area (Å²) < 4.78 is 12.9. The highest BCUT2D eigenvalue weighted by Gasteiger charge is 2.10. The highest BCUT2D eigenvalue weighted by atomic mass is 19.1. The molecule has 0 heterocycles. The Bertz CT molecular complexity index is 342. The fourth-order valence-corrected chi connectivity index (χ4v) is 1.79. The SMILES string of the molecule is C=C(C)CNC(CCCC)c1ccc(F)cc1. The van der Waals surface area contributed by atoms with Gasteiger partial charge in [-0.05, 0) is 31.0 Å². The summed E-state index contributed by atoms with van der Waals surface area (Å²) in [7, 11) is 0. The van der Waals surface area contributed by atoms with Crippen LogP contribution in [-0.2, 0) is 0 Å². The van der Waals surface area contributed by atoms with Gasteiger partial charge in [0, 0.05) is 12.6 Å². The van der Waals surface area contributed by atoms with Gasteiger partial charge in [0.05, 0.1) is 0 Å². The lowest BCUT2D eigenvalue weighted by Gasteiger charge is -2.19. The normalized spacial score (nSPS) is 12.4. The van der Waals surface area contributed by atoms with Gasteiger partial charge in [0.1, 0.15) is 5.82 Å². The van der Waals surface area contributed by atoms with Crippen molar-refractivity contribution in [2.45, 2.75) is 39.2 Å². The molecule has 1 rings (SSSR count). The zero-order valence-corrected chi connectivity index (χ0v) is 10.8. The third kappa shape index (κ3) is 5.14. The van der Waals surface area contributed by atoms with E-state index < -0.39 is 0 Å². The quantitative estimate of drug-likeness (QED) is 0.698. The fraction of sp³-hybridized carbons (Fsp3) is 0.467. The number of halogens is 1. The summed E-state index contributed by atoms with van der Waals surface area (Å²) in [5, 5.41) is 3.47. The Morgan fingerprint density at radius 3 is 2.53 bits per heavy atom. The second kappa shape index (κ2) is 7.23. The predicted molar refractivity (Wildman–Crippen MR) is 71.5 cm³/mol. The van der Waals surface area contributed by atoms with Crippen LogP contribution >= 0.6 is 0 Å². The van der Waals surface area contributed by atoms with Gasteiger partial charge in [-0.15, -0.1) is 0 Å². The van der Waals surface area contributed by atoms with Gasteiger partial charge in [0.25, 0.3) is 0 Å². The summed E-state index contributed by atoms with van der Waals surface area (Å²) >= 11 is 0. The van der Waals surface area contributed by atoms with Crippen molar-refractivity contribution in [1.29, 1.82) is 0 Å². The van der Waals surface area contributed by atoms with E-state index in [2.05, 4.69) is 18.8 Å². The number of hydrogen-bond donors (Lipinski definition) is 1. The number of benzene rings is 1. The van der Waals surface area contributed by atoms with Crippen molar-refractivity contribution in [2.75, 3.05) is 6.54 Å². The van der Waals surface area contributed by atoms with Crippen molar-refractivity contribution in [3.63, 3.8) is 0 Å². The van der Waals surface area contributed by atoms with Crippen molar-refractivity contribution >= 4 is 0 Å². The highest BCUT2D eigenvalue weighted by Crippen LogP contribution is 2.19. The summed E-state index contributed by atoms with van der Waals surface area (Å²) in [4.78, 5) is 0. The molecule has 0 radical (unpaired) electrons. The first-order chi connectivity index (χ1) is 8.13. The van der Waals surface area contributed by atoms with E-state index in [1.165, 1.54) is 25.0 Å². The molecule has 17 heavy (non-hydrogen) atoms. The zero-order chi connectivity index (χ0) is 12.7. The van der Waals surface area contributed by atoms with E-state index in [9.17, 15) is 4.39 Å². The first-order valence-electron chi connectivity index (χ1n) is 6.26. The van der Waals surface area contributed by atoms with Gasteiger partial charge < -0.3 is 5.32 Å². The van der Waals surface area contributed by atoms with Crippen LogP contribution in [0.2, 0.25) is 0 Å². The molecule has 2 heteroatoms. The molecular weight excluding hydrogens is 213 g/mol. The van der Waals surface area contributed by atoms with E-state index in [-0.39, 0.29) is 5.82 Å². The van der Waals surface area contributed by atoms with Crippen molar-refractivity contribution < 1.29 is 4.39 Å². The third-order valence-electron chi connectivity index (χ3n) is 2.77. The number of nitrogens with one attached hydrogen (secondary N) is 1. The monoisotopic (exact) mass is 235 g/mol. The average Bonchev–Trinajstić information content (AvgIpc) is 2.30. The van der Waals surface area contributed by atoms with Gasteiger partial charge in [0.2, 0.25) is 0 Å². The molecule has 1 unspecified atom stereocenters. The maximum Gasteiger partial charge on any atom is 0.123 e. The van der Waals surface area contributed by atoms with Gasteiger partial charge >= 0.3 is 0 Å². The van der Waals surface area contributed by atoms with Gasteiger partial charge in [-0.3, -0.25) is 0 Å². The van der Waals surface area contributed by atoms with Gasteiger partial charge in [-0.25, -0.2) is 4.39 Å². The van der Waals surface area contributed by atoms with E-state index in [0.29, 0.717) is 6.04 Å². The maximum atomic E-state index is 12.9. The molecule has 0 aliphatic rings. The molecule has 0 aliphatic heterocycles. The Kier molecular flexibility index (Phi) is 5.92. The summed E-state index contributed by atoms with van der Waals surface area (Å²) in [6.45, 7) is 8.89. The lowest BCUT2D eigenvalue weighted by molar-refractivity contribution is 0.499. The van der Waals surface area contributed by atoms with Crippen molar-refractivity contribution in [3.8, 4) is 0 Å². The van der Waals surface area contributed by atoms with Crippen LogP contribution in [0.25, 0.3) is 0 Å². The Morgan fingerprint density at radius 1 is 1.35 bits per heavy atom. The molecule has 0 bridgehead atoms. The summed E-state index contributed by atoms with van der Waals surface area (Å²) in [6.07, 6.45) is 3.42. The number of unbranched alkanes of at least 4 members (excludes halogenated alkanes) is 1. The molecule has 1 N–H and O–H groups in total. The molecule has 0 fully saturated rings. The molecule has 0 saturated heterocycles. The number of hydrogen-bond acceptors (Lipinski definition) is 1. The molecule has 0 aromatic heterocycles. The topological polar surface area (TPSA) is 12.0 Å². The van der Waals surface area contributed by atoms with E-state index in [1.807, 2.05) is 19.1 Å². The van der Waals surface area contributed by atoms with E-state index >= 15 is 0 Å². The molecule has 0 amide bonds. The van der Waals surface area contributed by atoms with E-state index in [4.69, 9.17) is 0 Å². The minimum absolute atomic E-state index is 0.178. The van der Waals surface area contributed by atoms with Crippen LogP contribution in [0, 0.1) is 5.82 Å². The Labute approximate surface area is 104 Å². The lowest BCUT2D eigenvalue weighted by Crippen LogP contribution is -2.23. The van der Waals surface area contributed by atoms with Crippen molar-refractivity contribution in [3.05, 3.63) is 47.8 Å². The van der Waals surface area contributed by atoms with Gasteiger partial charge in [0.15, 0.2) is 0 Å². The Hall–Kier alpha value is -1.15. The maximum absolute atomic E-state index is 12.9. The molecule has 1 nitrogen and oxygen atoms in total. The molecule has 94 valence electrons.